The predicted molar refractivity (Wildman–Crippen MR) is 106 cm³/mol. The van der Waals surface area contributed by atoms with E-state index in [-0.39, 0.29) is 0 Å². The SMILES string of the molecule is CCC1CCCCN1c1cc(-c2ccccc2)nc(N2CCOCC2)n1. The molecule has 2 saturated heterocycles. The molecule has 1 unspecified atom stereocenters. The van der Waals surface area contributed by atoms with Crippen molar-refractivity contribution in [1.82, 2.24) is 9.97 Å². The second kappa shape index (κ2) is 8.04. The molecule has 5 heteroatoms. The molecule has 3 heterocycles. The molecule has 2 aromatic rings. The lowest BCUT2D eigenvalue weighted by Gasteiger charge is -2.37. The van der Waals surface area contributed by atoms with E-state index in [4.69, 9.17) is 14.7 Å². The average molecular weight is 352 g/mol. The smallest absolute Gasteiger partial charge is 0.228 e. The molecule has 0 amide bonds. The quantitative estimate of drug-likeness (QED) is 0.838. The van der Waals surface area contributed by atoms with E-state index < -0.39 is 0 Å². The first kappa shape index (κ1) is 17.3. The van der Waals surface area contributed by atoms with Gasteiger partial charge in [-0.2, -0.15) is 4.98 Å². The minimum absolute atomic E-state index is 0.583. The summed E-state index contributed by atoms with van der Waals surface area (Å²) in [5.41, 5.74) is 2.16. The van der Waals surface area contributed by atoms with Crippen LogP contribution in [0.2, 0.25) is 0 Å². The van der Waals surface area contributed by atoms with Crippen molar-refractivity contribution in [3.8, 4) is 11.3 Å². The van der Waals surface area contributed by atoms with E-state index in [0.29, 0.717) is 6.04 Å². The first-order valence-corrected chi connectivity index (χ1v) is 9.89. The monoisotopic (exact) mass is 352 g/mol. The molecule has 0 radical (unpaired) electrons. The van der Waals surface area contributed by atoms with E-state index in [2.05, 4.69) is 47.1 Å². The van der Waals surface area contributed by atoms with Crippen molar-refractivity contribution >= 4 is 11.8 Å². The lowest BCUT2D eigenvalue weighted by molar-refractivity contribution is 0.122. The Kier molecular flexibility index (Phi) is 5.34. The van der Waals surface area contributed by atoms with Crippen LogP contribution in [0.15, 0.2) is 36.4 Å². The number of hydrogen-bond donors (Lipinski definition) is 0. The lowest BCUT2D eigenvalue weighted by Crippen LogP contribution is -2.41. The third-order valence-corrected chi connectivity index (χ3v) is 5.46. The fourth-order valence-electron chi connectivity index (χ4n) is 3.96. The maximum atomic E-state index is 5.51. The van der Waals surface area contributed by atoms with Gasteiger partial charge >= 0.3 is 0 Å². The Morgan fingerprint density at radius 2 is 1.85 bits per heavy atom. The normalized spacial score (nSPS) is 21.0. The summed E-state index contributed by atoms with van der Waals surface area (Å²) in [6.07, 6.45) is 4.99. The number of rotatable bonds is 4. The summed E-state index contributed by atoms with van der Waals surface area (Å²) in [5.74, 6) is 1.91. The fraction of sp³-hybridized carbons (Fsp3) is 0.524. The highest BCUT2D eigenvalue weighted by atomic mass is 16.5. The van der Waals surface area contributed by atoms with Crippen LogP contribution in [0.5, 0.6) is 0 Å². The standard InChI is InChI=1S/C21H28N4O/c1-2-18-10-6-7-11-25(18)20-16-19(17-8-4-3-5-9-17)22-21(23-20)24-12-14-26-15-13-24/h3-5,8-9,16,18H,2,6-7,10-15H2,1H3. The first-order valence-electron chi connectivity index (χ1n) is 9.89. The average Bonchev–Trinajstić information content (AvgIpc) is 2.74. The van der Waals surface area contributed by atoms with Crippen LogP contribution in [0.3, 0.4) is 0 Å². The van der Waals surface area contributed by atoms with Gasteiger partial charge in [-0.1, -0.05) is 37.3 Å². The third kappa shape index (κ3) is 3.68. The van der Waals surface area contributed by atoms with E-state index in [1.165, 1.54) is 19.3 Å². The zero-order valence-electron chi connectivity index (χ0n) is 15.6. The Morgan fingerprint density at radius 1 is 1.04 bits per heavy atom. The zero-order valence-corrected chi connectivity index (χ0v) is 15.6. The van der Waals surface area contributed by atoms with Crippen molar-refractivity contribution in [2.45, 2.75) is 38.6 Å². The second-order valence-electron chi connectivity index (χ2n) is 7.13. The van der Waals surface area contributed by atoms with Gasteiger partial charge in [-0.3, -0.25) is 0 Å². The molecular weight excluding hydrogens is 324 g/mol. The molecule has 2 aliphatic rings. The molecule has 4 rings (SSSR count). The van der Waals surface area contributed by atoms with Crippen LogP contribution in [0.25, 0.3) is 11.3 Å². The topological polar surface area (TPSA) is 41.5 Å². The zero-order chi connectivity index (χ0) is 17.8. The maximum Gasteiger partial charge on any atom is 0.228 e. The van der Waals surface area contributed by atoms with Gasteiger partial charge in [0.1, 0.15) is 5.82 Å². The highest BCUT2D eigenvalue weighted by Gasteiger charge is 2.24. The van der Waals surface area contributed by atoms with Crippen molar-refractivity contribution in [2.24, 2.45) is 0 Å². The maximum absolute atomic E-state index is 5.51. The summed E-state index contributed by atoms with van der Waals surface area (Å²) in [6.45, 7) is 6.58. The molecule has 1 aromatic carbocycles. The van der Waals surface area contributed by atoms with Crippen molar-refractivity contribution in [3.05, 3.63) is 36.4 Å². The number of anilines is 2. The van der Waals surface area contributed by atoms with E-state index in [1.54, 1.807) is 0 Å². The van der Waals surface area contributed by atoms with E-state index in [9.17, 15) is 0 Å². The molecule has 5 nitrogen and oxygen atoms in total. The molecule has 0 N–H and O–H groups in total. The molecule has 0 spiro atoms. The second-order valence-corrected chi connectivity index (χ2v) is 7.13. The molecule has 0 saturated carbocycles. The van der Waals surface area contributed by atoms with Crippen LogP contribution in [0.4, 0.5) is 11.8 Å². The summed E-state index contributed by atoms with van der Waals surface area (Å²) in [7, 11) is 0. The number of aromatic nitrogens is 2. The van der Waals surface area contributed by atoms with Gasteiger partial charge in [-0.25, -0.2) is 4.98 Å². The van der Waals surface area contributed by atoms with Crippen molar-refractivity contribution in [3.63, 3.8) is 0 Å². The van der Waals surface area contributed by atoms with Gasteiger partial charge < -0.3 is 14.5 Å². The molecule has 26 heavy (non-hydrogen) atoms. The number of benzene rings is 1. The number of ether oxygens (including phenoxy) is 1. The molecule has 2 aliphatic heterocycles. The summed E-state index contributed by atoms with van der Waals surface area (Å²) < 4.78 is 5.51. The van der Waals surface area contributed by atoms with Crippen LogP contribution in [-0.4, -0.2) is 48.9 Å². The van der Waals surface area contributed by atoms with E-state index >= 15 is 0 Å². The van der Waals surface area contributed by atoms with E-state index in [0.717, 1.165) is 62.3 Å². The fourth-order valence-corrected chi connectivity index (χ4v) is 3.96. The minimum atomic E-state index is 0.583. The van der Waals surface area contributed by atoms with Crippen LogP contribution in [-0.2, 0) is 4.74 Å². The minimum Gasteiger partial charge on any atom is -0.378 e. The van der Waals surface area contributed by atoms with Crippen LogP contribution < -0.4 is 9.80 Å². The molecule has 2 fully saturated rings. The summed E-state index contributed by atoms with van der Waals surface area (Å²) in [6, 6.07) is 13.2. The van der Waals surface area contributed by atoms with Crippen molar-refractivity contribution in [1.29, 1.82) is 0 Å². The van der Waals surface area contributed by atoms with Crippen molar-refractivity contribution < 1.29 is 4.74 Å². The molecule has 1 aromatic heterocycles. The number of morpholine rings is 1. The van der Waals surface area contributed by atoms with Crippen LogP contribution in [0, 0.1) is 0 Å². The number of hydrogen-bond acceptors (Lipinski definition) is 5. The summed E-state index contributed by atoms with van der Waals surface area (Å²) in [5, 5.41) is 0. The Balaban J connectivity index is 1.74. The Bertz CT molecular complexity index is 715. The predicted octanol–water partition coefficient (Wildman–Crippen LogP) is 3.75. The Morgan fingerprint density at radius 3 is 2.62 bits per heavy atom. The Hall–Kier alpha value is -2.14. The summed E-state index contributed by atoms with van der Waals surface area (Å²) in [4.78, 5) is 14.7. The largest absolute Gasteiger partial charge is 0.378 e. The van der Waals surface area contributed by atoms with Gasteiger partial charge in [-0.15, -0.1) is 0 Å². The van der Waals surface area contributed by atoms with Gasteiger partial charge in [-0.05, 0) is 25.7 Å². The van der Waals surface area contributed by atoms with Gasteiger partial charge in [0.2, 0.25) is 5.95 Å². The van der Waals surface area contributed by atoms with Crippen molar-refractivity contribution in [2.75, 3.05) is 42.6 Å². The molecule has 0 bridgehead atoms. The highest BCUT2D eigenvalue weighted by Crippen LogP contribution is 2.30. The summed E-state index contributed by atoms with van der Waals surface area (Å²) >= 11 is 0. The number of nitrogens with zero attached hydrogens (tertiary/aromatic N) is 4. The number of piperidine rings is 1. The first-order chi connectivity index (χ1) is 12.8. The van der Waals surface area contributed by atoms with Crippen LogP contribution >= 0.6 is 0 Å². The Labute approximate surface area is 156 Å². The molecule has 1 atom stereocenters. The third-order valence-electron chi connectivity index (χ3n) is 5.46. The molecule has 138 valence electrons. The van der Waals surface area contributed by atoms with Crippen LogP contribution in [0.1, 0.15) is 32.6 Å². The molecular formula is C21H28N4O. The lowest BCUT2D eigenvalue weighted by atomic mass is 10.00. The van der Waals surface area contributed by atoms with Gasteiger partial charge in [0.15, 0.2) is 0 Å². The van der Waals surface area contributed by atoms with Gasteiger partial charge in [0, 0.05) is 37.3 Å². The van der Waals surface area contributed by atoms with Gasteiger partial charge in [0.25, 0.3) is 0 Å². The van der Waals surface area contributed by atoms with E-state index in [1.807, 2.05) is 6.07 Å². The van der Waals surface area contributed by atoms with Gasteiger partial charge in [0.05, 0.1) is 18.9 Å². The highest BCUT2D eigenvalue weighted by molar-refractivity contribution is 5.65. The molecule has 0 aliphatic carbocycles.